The van der Waals surface area contributed by atoms with Crippen molar-refractivity contribution in [1.29, 1.82) is 0 Å². The normalized spacial score (nSPS) is 12.6. The summed E-state index contributed by atoms with van der Waals surface area (Å²) in [5.41, 5.74) is 1.13. The molecule has 0 saturated heterocycles. The largest absolute Gasteiger partial charge is 0.491 e. The van der Waals surface area contributed by atoms with E-state index in [0.717, 1.165) is 15.8 Å². The first kappa shape index (κ1) is 10.5. The van der Waals surface area contributed by atoms with Crippen molar-refractivity contribution in [3.63, 3.8) is 0 Å². The third kappa shape index (κ3) is 3.36. The quantitative estimate of drug-likeness (QED) is 0.886. The Bertz CT molecular complexity index is 284. The lowest BCUT2D eigenvalue weighted by Gasteiger charge is -2.08. The highest BCUT2D eigenvalue weighted by atomic mass is 79.9. The van der Waals surface area contributed by atoms with Crippen LogP contribution in [0.5, 0.6) is 5.75 Å². The molecule has 0 bridgehead atoms. The van der Waals surface area contributed by atoms with Crippen LogP contribution >= 0.6 is 15.9 Å². The van der Waals surface area contributed by atoms with Gasteiger partial charge in [0.25, 0.3) is 0 Å². The Balaban J connectivity index is 2.63. The number of aryl methyl sites for hydroxylation is 1. The van der Waals surface area contributed by atoms with E-state index in [1.807, 2.05) is 25.1 Å². The van der Waals surface area contributed by atoms with E-state index in [4.69, 9.17) is 9.84 Å². The third-order valence-electron chi connectivity index (χ3n) is 1.62. The molecule has 1 unspecified atom stereocenters. The minimum absolute atomic E-state index is 0.334. The molecule has 0 aromatic heterocycles. The summed E-state index contributed by atoms with van der Waals surface area (Å²) in [5, 5.41) is 9.00. The van der Waals surface area contributed by atoms with E-state index in [1.54, 1.807) is 6.92 Å². The summed E-state index contributed by atoms with van der Waals surface area (Å²) in [6.45, 7) is 4.03. The van der Waals surface area contributed by atoms with Crippen LogP contribution < -0.4 is 4.74 Å². The highest BCUT2D eigenvalue weighted by Gasteiger charge is 2.00. The number of benzene rings is 1. The topological polar surface area (TPSA) is 29.5 Å². The van der Waals surface area contributed by atoms with Gasteiger partial charge in [-0.1, -0.05) is 15.9 Å². The molecular weight excluding hydrogens is 232 g/mol. The Hall–Kier alpha value is -0.540. The second-order valence-corrected chi connectivity index (χ2v) is 3.93. The van der Waals surface area contributed by atoms with Gasteiger partial charge >= 0.3 is 0 Å². The highest BCUT2D eigenvalue weighted by molar-refractivity contribution is 9.10. The summed E-state index contributed by atoms with van der Waals surface area (Å²) >= 11 is 3.40. The van der Waals surface area contributed by atoms with Gasteiger partial charge in [-0.2, -0.15) is 0 Å². The van der Waals surface area contributed by atoms with E-state index in [0.29, 0.717) is 6.61 Å². The molecule has 1 atom stereocenters. The van der Waals surface area contributed by atoms with Crippen LogP contribution in [0, 0.1) is 6.92 Å². The average molecular weight is 245 g/mol. The zero-order valence-electron chi connectivity index (χ0n) is 7.75. The van der Waals surface area contributed by atoms with Crippen LogP contribution in [0.2, 0.25) is 0 Å². The van der Waals surface area contributed by atoms with Crippen molar-refractivity contribution in [2.24, 2.45) is 0 Å². The number of aliphatic hydroxyl groups excluding tert-OH is 1. The fourth-order valence-corrected chi connectivity index (χ4v) is 1.17. The predicted octanol–water partition coefficient (Wildman–Crippen LogP) is 2.52. The van der Waals surface area contributed by atoms with Crippen molar-refractivity contribution < 1.29 is 9.84 Å². The maximum Gasteiger partial charge on any atom is 0.119 e. The smallest absolute Gasteiger partial charge is 0.119 e. The molecule has 0 aliphatic carbocycles. The van der Waals surface area contributed by atoms with Crippen molar-refractivity contribution in [2.45, 2.75) is 20.0 Å². The molecule has 0 spiro atoms. The Labute approximate surface area is 86.7 Å². The Morgan fingerprint density at radius 2 is 2.23 bits per heavy atom. The SMILES string of the molecule is Cc1cc(OCC(C)O)ccc1Br. The maximum atomic E-state index is 9.00. The molecule has 1 aromatic carbocycles. The molecule has 1 aromatic rings. The molecule has 0 heterocycles. The summed E-state index contributed by atoms with van der Waals surface area (Å²) in [4.78, 5) is 0. The lowest BCUT2D eigenvalue weighted by atomic mass is 10.2. The van der Waals surface area contributed by atoms with Gasteiger partial charge in [-0.15, -0.1) is 0 Å². The molecule has 1 rings (SSSR count). The van der Waals surface area contributed by atoms with Gasteiger partial charge in [-0.25, -0.2) is 0 Å². The van der Waals surface area contributed by atoms with E-state index in [2.05, 4.69) is 15.9 Å². The number of hydrogen-bond acceptors (Lipinski definition) is 2. The predicted molar refractivity (Wildman–Crippen MR) is 56.1 cm³/mol. The molecule has 0 saturated carbocycles. The molecule has 2 nitrogen and oxygen atoms in total. The molecule has 0 aliphatic rings. The first-order chi connectivity index (χ1) is 6.09. The molecule has 72 valence electrons. The summed E-state index contributed by atoms with van der Waals surface area (Å²) < 4.78 is 6.40. The van der Waals surface area contributed by atoms with Crippen molar-refractivity contribution in [3.8, 4) is 5.75 Å². The lowest BCUT2D eigenvalue weighted by Crippen LogP contribution is -2.12. The van der Waals surface area contributed by atoms with Crippen LogP contribution in [0.25, 0.3) is 0 Å². The molecule has 1 N–H and O–H groups in total. The van der Waals surface area contributed by atoms with Gasteiger partial charge in [0.1, 0.15) is 12.4 Å². The van der Waals surface area contributed by atoms with E-state index in [-0.39, 0.29) is 0 Å². The zero-order chi connectivity index (χ0) is 9.84. The van der Waals surface area contributed by atoms with Gasteiger partial charge in [0.05, 0.1) is 6.10 Å². The standard InChI is InChI=1S/C10H13BrO2/c1-7-5-9(3-4-10(7)11)13-6-8(2)12/h3-5,8,12H,6H2,1-2H3. The molecule has 0 radical (unpaired) electrons. The molecule has 3 heteroatoms. The fraction of sp³-hybridized carbons (Fsp3) is 0.400. The maximum absolute atomic E-state index is 9.00. The van der Waals surface area contributed by atoms with E-state index < -0.39 is 6.10 Å². The zero-order valence-corrected chi connectivity index (χ0v) is 9.34. The van der Waals surface area contributed by atoms with Crippen LogP contribution in [0.4, 0.5) is 0 Å². The van der Waals surface area contributed by atoms with Gasteiger partial charge in [0, 0.05) is 4.47 Å². The second kappa shape index (κ2) is 4.63. The van der Waals surface area contributed by atoms with Gasteiger partial charge in [-0.05, 0) is 37.6 Å². The molecule has 0 aliphatic heterocycles. The van der Waals surface area contributed by atoms with Gasteiger partial charge in [0.2, 0.25) is 0 Å². The number of rotatable bonds is 3. The van der Waals surface area contributed by atoms with Gasteiger partial charge in [0.15, 0.2) is 0 Å². The number of hydrogen-bond donors (Lipinski definition) is 1. The van der Waals surface area contributed by atoms with E-state index >= 15 is 0 Å². The summed E-state index contributed by atoms with van der Waals surface area (Å²) in [6, 6.07) is 5.75. The summed E-state index contributed by atoms with van der Waals surface area (Å²) in [5.74, 6) is 0.793. The number of halogens is 1. The van der Waals surface area contributed by atoms with Crippen molar-refractivity contribution in [1.82, 2.24) is 0 Å². The van der Waals surface area contributed by atoms with Crippen molar-refractivity contribution in [3.05, 3.63) is 28.2 Å². The number of ether oxygens (including phenoxy) is 1. The minimum Gasteiger partial charge on any atom is -0.491 e. The second-order valence-electron chi connectivity index (χ2n) is 3.07. The Morgan fingerprint density at radius 1 is 1.54 bits per heavy atom. The highest BCUT2D eigenvalue weighted by Crippen LogP contribution is 2.21. The van der Waals surface area contributed by atoms with Crippen LogP contribution in [0.15, 0.2) is 22.7 Å². The lowest BCUT2D eigenvalue weighted by molar-refractivity contribution is 0.122. The Morgan fingerprint density at radius 3 is 2.77 bits per heavy atom. The van der Waals surface area contributed by atoms with Crippen molar-refractivity contribution >= 4 is 15.9 Å². The average Bonchev–Trinajstić information content (AvgIpc) is 2.07. The molecule has 0 amide bonds. The van der Waals surface area contributed by atoms with Gasteiger partial charge in [-0.3, -0.25) is 0 Å². The summed E-state index contributed by atoms with van der Waals surface area (Å²) in [7, 11) is 0. The Kier molecular flexibility index (Phi) is 3.75. The molecule has 0 fully saturated rings. The first-order valence-corrected chi connectivity index (χ1v) is 4.96. The van der Waals surface area contributed by atoms with Gasteiger partial charge < -0.3 is 9.84 Å². The van der Waals surface area contributed by atoms with E-state index in [9.17, 15) is 0 Å². The van der Waals surface area contributed by atoms with Crippen LogP contribution in [-0.2, 0) is 0 Å². The molecular formula is C10H13BrO2. The molecule has 13 heavy (non-hydrogen) atoms. The minimum atomic E-state index is -0.427. The van der Waals surface area contributed by atoms with Crippen molar-refractivity contribution in [2.75, 3.05) is 6.61 Å². The first-order valence-electron chi connectivity index (χ1n) is 4.16. The summed E-state index contributed by atoms with van der Waals surface area (Å²) in [6.07, 6.45) is -0.427. The van der Waals surface area contributed by atoms with Crippen LogP contribution in [0.3, 0.4) is 0 Å². The monoisotopic (exact) mass is 244 g/mol. The van der Waals surface area contributed by atoms with Crippen LogP contribution in [-0.4, -0.2) is 17.8 Å². The number of aliphatic hydroxyl groups is 1. The fourth-order valence-electron chi connectivity index (χ4n) is 0.924. The third-order valence-corrected chi connectivity index (χ3v) is 2.51. The van der Waals surface area contributed by atoms with E-state index in [1.165, 1.54) is 0 Å². The van der Waals surface area contributed by atoms with Crippen LogP contribution in [0.1, 0.15) is 12.5 Å².